The highest BCUT2D eigenvalue weighted by molar-refractivity contribution is 6.24. The maximum Gasteiger partial charge on any atom is 0.272 e. The molecule has 26 heavy (non-hydrogen) atoms. The average molecular weight is 345 g/mol. The molecule has 2 aliphatic rings. The monoisotopic (exact) mass is 345 g/mol. The molecule has 0 spiro atoms. The minimum atomic E-state index is -0.217. The van der Waals surface area contributed by atoms with Gasteiger partial charge in [-0.3, -0.25) is 19.3 Å². The van der Waals surface area contributed by atoms with Crippen molar-refractivity contribution in [3.63, 3.8) is 0 Å². The lowest BCUT2D eigenvalue weighted by atomic mass is 10.0. The van der Waals surface area contributed by atoms with Gasteiger partial charge >= 0.3 is 0 Å². The highest BCUT2D eigenvalue weighted by Crippen LogP contribution is 2.48. The summed E-state index contributed by atoms with van der Waals surface area (Å²) in [6.07, 6.45) is 1.19. The van der Waals surface area contributed by atoms with Crippen LogP contribution in [0.1, 0.15) is 17.7 Å². The number of aromatic amines is 1. The molecule has 2 unspecified atom stereocenters. The molecular weight excluding hydrogens is 330 g/mol. The van der Waals surface area contributed by atoms with E-state index in [0.717, 1.165) is 16.6 Å². The molecule has 2 heterocycles. The van der Waals surface area contributed by atoms with Crippen LogP contribution < -0.4 is 10.5 Å². The largest absolute Gasteiger partial charge is 0.274 e. The molecule has 1 aliphatic carbocycles. The van der Waals surface area contributed by atoms with Crippen molar-refractivity contribution in [3.8, 4) is 0 Å². The van der Waals surface area contributed by atoms with Crippen molar-refractivity contribution in [2.75, 3.05) is 4.90 Å². The smallest absolute Gasteiger partial charge is 0.272 e. The van der Waals surface area contributed by atoms with Crippen LogP contribution in [-0.4, -0.2) is 22.0 Å². The summed E-state index contributed by atoms with van der Waals surface area (Å²) >= 11 is 0. The van der Waals surface area contributed by atoms with E-state index in [1.807, 2.05) is 36.4 Å². The van der Waals surface area contributed by atoms with E-state index in [1.165, 1.54) is 4.90 Å². The maximum absolute atomic E-state index is 12.3. The number of nitrogens with one attached hydrogen (secondary N) is 1. The minimum Gasteiger partial charge on any atom is -0.274 e. The normalized spacial score (nSPS) is 21.3. The van der Waals surface area contributed by atoms with Gasteiger partial charge in [-0.2, -0.15) is 5.10 Å². The fourth-order valence-electron chi connectivity index (χ4n) is 3.74. The molecule has 6 nitrogen and oxygen atoms in total. The number of hydrogen-bond acceptors (Lipinski definition) is 4. The second kappa shape index (κ2) is 5.36. The predicted octanol–water partition coefficient (Wildman–Crippen LogP) is 2.02. The van der Waals surface area contributed by atoms with Crippen molar-refractivity contribution < 1.29 is 9.59 Å². The van der Waals surface area contributed by atoms with E-state index in [1.54, 1.807) is 12.1 Å². The van der Waals surface area contributed by atoms with Crippen LogP contribution in [0.4, 0.5) is 5.69 Å². The zero-order valence-electron chi connectivity index (χ0n) is 13.8. The lowest BCUT2D eigenvalue weighted by Crippen LogP contribution is -2.32. The van der Waals surface area contributed by atoms with Gasteiger partial charge in [-0.05, 0) is 30.2 Å². The minimum absolute atomic E-state index is 0.0928. The van der Waals surface area contributed by atoms with Crippen LogP contribution in [0.15, 0.2) is 53.3 Å². The first-order valence-electron chi connectivity index (χ1n) is 8.56. The Kier molecular flexibility index (Phi) is 3.09. The molecule has 1 saturated heterocycles. The second-order valence-corrected chi connectivity index (χ2v) is 6.85. The van der Waals surface area contributed by atoms with E-state index < -0.39 is 0 Å². The molecule has 6 heteroatoms. The third-order valence-corrected chi connectivity index (χ3v) is 5.18. The van der Waals surface area contributed by atoms with Crippen molar-refractivity contribution in [1.29, 1.82) is 0 Å². The van der Waals surface area contributed by atoms with Gasteiger partial charge in [-0.1, -0.05) is 30.3 Å². The topological polar surface area (TPSA) is 83.1 Å². The Bertz CT molecular complexity index is 1110. The summed E-state index contributed by atoms with van der Waals surface area (Å²) in [6.45, 7) is 0. The van der Waals surface area contributed by atoms with E-state index >= 15 is 0 Å². The molecule has 1 aromatic heterocycles. The Balaban J connectivity index is 1.51. The van der Waals surface area contributed by atoms with Crippen LogP contribution in [0.25, 0.3) is 10.8 Å². The molecule has 0 radical (unpaired) electrons. The number of fused-ring (bicyclic) bond motifs is 2. The van der Waals surface area contributed by atoms with E-state index in [4.69, 9.17) is 0 Å². The number of aromatic nitrogens is 2. The number of carbonyl (C=O) groups is 2. The third kappa shape index (κ3) is 2.19. The number of anilines is 1. The van der Waals surface area contributed by atoms with Crippen molar-refractivity contribution in [2.45, 2.75) is 12.8 Å². The lowest BCUT2D eigenvalue weighted by molar-refractivity contribution is -0.123. The Hall–Kier alpha value is -3.28. The molecule has 1 saturated carbocycles. The van der Waals surface area contributed by atoms with Crippen LogP contribution in [0.5, 0.6) is 0 Å². The molecule has 1 aliphatic heterocycles. The number of H-pyrrole nitrogens is 1. The first kappa shape index (κ1) is 15.0. The number of nitrogens with zero attached hydrogens (tertiary/aromatic N) is 2. The molecule has 128 valence electrons. The quantitative estimate of drug-likeness (QED) is 0.736. The fraction of sp³-hybridized carbons (Fsp3) is 0.200. The summed E-state index contributed by atoms with van der Waals surface area (Å²) in [5.74, 6) is -0.415. The highest BCUT2D eigenvalue weighted by Gasteiger charge is 2.59. The summed E-state index contributed by atoms with van der Waals surface area (Å²) in [6, 6.07) is 14.7. The zero-order chi connectivity index (χ0) is 17.8. The van der Waals surface area contributed by atoms with Crippen molar-refractivity contribution in [3.05, 3.63) is 70.1 Å². The van der Waals surface area contributed by atoms with Gasteiger partial charge in [-0.25, -0.2) is 5.10 Å². The van der Waals surface area contributed by atoms with Gasteiger partial charge < -0.3 is 0 Å². The Labute approximate surface area is 148 Å². The standard InChI is InChI=1S/C20H15N3O3/c24-18-14-7-2-1-6-13(14)17(21-22-18)9-11-4-3-5-12(8-11)23-19(25)15-10-16(15)20(23)26/h1-8,15-16H,9-10H2,(H,22,24). The number of hydrogen-bond donors (Lipinski definition) is 1. The zero-order valence-corrected chi connectivity index (χ0v) is 13.8. The van der Waals surface area contributed by atoms with Gasteiger partial charge in [0.05, 0.1) is 28.6 Å². The second-order valence-electron chi connectivity index (χ2n) is 6.85. The first-order valence-corrected chi connectivity index (χ1v) is 8.56. The van der Waals surface area contributed by atoms with Crippen LogP contribution in [0.3, 0.4) is 0 Å². The molecule has 2 fully saturated rings. The first-order chi connectivity index (χ1) is 12.6. The van der Waals surface area contributed by atoms with Gasteiger partial charge in [0, 0.05) is 11.8 Å². The van der Waals surface area contributed by atoms with Crippen LogP contribution in [0, 0.1) is 11.8 Å². The molecule has 2 amide bonds. The molecule has 2 aromatic carbocycles. The molecule has 2 atom stereocenters. The molecule has 0 bridgehead atoms. The fourth-order valence-corrected chi connectivity index (χ4v) is 3.74. The number of amides is 2. The maximum atomic E-state index is 12.3. The third-order valence-electron chi connectivity index (χ3n) is 5.18. The molecule has 3 aromatic rings. The van der Waals surface area contributed by atoms with Gasteiger partial charge in [-0.15, -0.1) is 0 Å². The van der Waals surface area contributed by atoms with Crippen molar-refractivity contribution >= 4 is 28.3 Å². The number of rotatable bonds is 3. The van der Waals surface area contributed by atoms with Gasteiger partial charge in [0.2, 0.25) is 11.8 Å². The SMILES string of the molecule is O=C1C2CC2C(=O)N1c1cccc(Cc2n[nH]c(=O)c3ccccc23)c1. The summed E-state index contributed by atoms with van der Waals surface area (Å²) < 4.78 is 0. The number of piperidine rings is 1. The predicted molar refractivity (Wildman–Crippen MR) is 95.7 cm³/mol. The molecule has 1 N–H and O–H groups in total. The Morgan fingerprint density at radius 1 is 0.962 bits per heavy atom. The van der Waals surface area contributed by atoms with Gasteiger partial charge in [0.25, 0.3) is 5.56 Å². The van der Waals surface area contributed by atoms with Crippen LogP contribution >= 0.6 is 0 Å². The summed E-state index contributed by atoms with van der Waals surface area (Å²) in [5.41, 5.74) is 2.07. The average Bonchev–Trinajstić information content (AvgIpc) is 3.41. The number of benzene rings is 2. The molecule has 5 rings (SSSR count). The van der Waals surface area contributed by atoms with Crippen molar-refractivity contribution in [2.24, 2.45) is 11.8 Å². The summed E-state index contributed by atoms with van der Waals surface area (Å²) in [5, 5.41) is 8.13. The van der Waals surface area contributed by atoms with E-state index in [0.29, 0.717) is 23.9 Å². The van der Waals surface area contributed by atoms with Gasteiger partial charge in [0.1, 0.15) is 0 Å². The highest BCUT2D eigenvalue weighted by atomic mass is 16.2. The summed E-state index contributed by atoms with van der Waals surface area (Å²) in [4.78, 5) is 37.8. The van der Waals surface area contributed by atoms with Crippen LogP contribution in [-0.2, 0) is 16.0 Å². The Morgan fingerprint density at radius 3 is 2.46 bits per heavy atom. The van der Waals surface area contributed by atoms with Gasteiger partial charge in [0.15, 0.2) is 0 Å². The Morgan fingerprint density at radius 2 is 1.69 bits per heavy atom. The summed E-state index contributed by atoms with van der Waals surface area (Å²) in [7, 11) is 0. The lowest BCUT2D eigenvalue weighted by Gasteiger charge is -2.17. The number of imide groups is 1. The van der Waals surface area contributed by atoms with Crippen LogP contribution in [0.2, 0.25) is 0 Å². The molecular formula is C20H15N3O3. The van der Waals surface area contributed by atoms with E-state index in [2.05, 4.69) is 10.2 Å². The van der Waals surface area contributed by atoms with Crippen molar-refractivity contribution in [1.82, 2.24) is 10.2 Å². The van der Waals surface area contributed by atoms with E-state index in [-0.39, 0.29) is 29.2 Å². The number of carbonyl (C=O) groups excluding carboxylic acids is 2. The van der Waals surface area contributed by atoms with E-state index in [9.17, 15) is 14.4 Å².